The zero-order valence-electron chi connectivity index (χ0n) is 19.8. The van der Waals surface area contributed by atoms with Crippen molar-refractivity contribution in [2.45, 2.75) is 23.1 Å². The summed E-state index contributed by atoms with van der Waals surface area (Å²) in [5.74, 6) is 0.0000762. The molecule has 7 nitrogen and oxygen atoms in total. The predicted octanol–water partition coefficient (Wildman–Crippen LogP) is 4.14. The van der Waals surface area contributed by atoms with E-state index in [-0.39, 0.29) is 35.4 Å². The van der Waals surface area contributed by atoms with E-state index in [0.29, 0.717) is 24.9 Å². The lowest BCUT2D eigenvalue weighted by Crippen LogP contribution is -2.43. The largest absolute Gasteiger partial charge is 0.379 e. The van der Waals surface area contributed by atoms with Crippen LogP contribution in [0, 0.1) is 0 Å². The van der Waals surface area contributed by atoms with E-state index in [9.17, 15) is 13.2 Å². The first-order chi connectivity index (χ1) is 16.4. The summed E-state index contributed by atoms with van der Waals surface area (Å²) in [6.45, 7) is 6.03. The fourth-order valence-electron chi connectivity index (χ4n) is 3.84. The van der Waals surface area contributed by atoms with Crippen molar-refractivity contribution in [3.63, 3.8) is 0 Å². The van der Waals surface area contributed by atoms with Crippen molar-refractivity contribution in [1.82, 2.24) is 9.88 Å². The maximum absolute atomic E-state index is 13.5. The predicted molar refractivity (Wildman–Crippen MR) is 146 cm³/mol. The number of fused-ring (bicyclic) bond motifs is 1. The number of hydrogen-bond acceptors (Lipinski definition) is 8. The van der Waals surface area contributed by atoms with Crippen LogP contribution in [0.15, 0.2) is 52.3 Å². The number of morpholine rings is 1. The van der Waals surface area contributed by atoms with Gasteiger partial charge in [0.05, 0.1) is 40.5 Å². The lowest BCUT2D eigenvalue weighted by atomic mass is 10.1. The first kappa shape index (κ1) is 27.9. The number of thioether (sulfide) groups is 1. The molecule has 0 unspecified atom stereocenters. The number of nitrogens with zero attached hydrogens (tertiary/aromatic N) is 3. The molecule has 1 aliphatic rings. The Hall–Kier alpha value is -1.69. The minimum absolute atomic E-state index is 0. The Bertz CT molecular complexity index is 1240. The zero-order chi connectivity index (χ0) is 24.1. The van der Waals surface area contributed by atoms with Crippen LogP contribution in [0.1, 0.15) is 12.5 Å². The second kappa shape index (κ2) is 12.5. The van der Waals surface area contributed by atoms with Crippen molar-refractivity contribution in [2.75, 3.05) is 56.3 Å². The average Bonchev–Trinajstić information content (AvgIpc) is 3.29. The Balaban J connectivity index is 0.00000342. The summed E-state index contributed by atoms with van der Waals surface area (Å²) in [5, 5.41) is 0.694. The van der Waals surface area contributed by atoms with E-state index in [1.165, 1.54) is 11.3 Å². The van der Waals surface area contributed by atoms with Crippen LogP contribution in [0.2, 0.25) is 0 Å². The monoisotopic (exact) mass is 555 g/mol. The Morgan fingerprint density at radius 3 is 2.54 bits per heavy atom. The number of rotatable bonds is 9. The van der Waals surface area contributed by atoms with Gasteiger partial charge in [-0.3, -0.25) is 14.6 Å². The first-order valence-corrected chi connectivity index (χ1v) is 15.0. The molecule has 11 heteroatoms. The number of hydrogen-bond donors (Lipinski definition) is 0. The van der Waals surface area contributed by atoms with Crippen LogP contribution in [0.5, 0.6) is 0 Å². The summed E-state index contributed by atoms with van der Waals surface area (Å²) < 4.78 is 30.7. The molecule has 1 aliphatic heterocycles. The number of ether oxygens (including phenoxy) is 1. The van der Waals surface area contributed by atoms with Gasteiger partial charge in [0, 0.05) is 31.1 Å². The van der Waals surface area contributed by atoms with Crippen LogP contribution in [0.25, 0.3) is 10.2 Å². The third-order valence-corrected chi connectivity index (χ3v) is 9.45. The van der Waals surface area contributed by atoms with E-state index in [1.807, 2.05) is 24.5 Å². The molecule has 2 aromatic carbocycles. The molecule has 35 heavy (non-hydrogen) atoms. The van der Waals surface area contributed by atoms with Crippen LogP contribution in [-0.2, 0) is 25.8 Å². The second-order valence-corrected chi connectivity index (χ2v) is 12.2. The molecule has 1 fully saturated rings. The van der Waals surface area contributed by atoms with E-state index in [1.54, 1.807) is 47.9 Å². The van der Waals surface area contributed by atoms with Gasteiger partial charge >= 0.3 is 0 Å². The highest BCUT2D eigenvalue weighted by molar-refractivity contribution is 7.98. The second-order valence-electron chi connectivity index (χ2n) is 8.03. The van der Waals surface area contributed by atoms with Gasteiger partial charge in [0.25, 0.3) is 0 Å². The molecule has 0 bridgehead atoms. The van der Waals surface area contributed by atoms with Crippen molar-refractivity contribution in [1.29, 1.82) is 0 Å². The standard InChI is InChI=1S/C24H29N3O4S3.ClH/c1-3-34(29,30)19-9-7-18(8-10-19)17-22(28)27(12-11-26-13-15-31-16-14-26)24-25-23-20(32-2)5-4-6-21(23)33-24;/h4-10H,3,11-17H2,1-2H3;1H. The Labute approximate surface area is 221 Å². The summed E-state index contributed by atoms with van der Waals surface area (Å²) in [6.07, 6.45) is 2.21. The van der Waals surface area contributed by atoms with Gasteiger partial charge in [-0.05, 0) is 36.1 Å². The van der Waals surface area contributed by atoms with Crippen molar-refractivity contribution in [3.8, 4) is 0 Å². The average molecular weight is 556 g/mol. The summed E-state index contributed by atoms with van der Waals surface area (Å²) >= 11 is 3.17. The molecule has 0 saturated carbocycles. The number of sulfone groups is 1. The minimum Gasteiger partial charge on any atom is -0.379 e. The molecule has 0 N–H and O–H groups in total. The summed E-state index contributed by atoms with van der Waals surface area (Å²) in [6, 6.07) is 12.7. The molecule has 1 amide bonds. The number of benzene rings is 2. The van der Waals surface area contributed by atoms with Crippen LogP contribution in [0.3, 0.4) is 0 Å². The van der Waals surface area contributed by atoms with Gasteiger partial charge in [-0.25, -0.2) is 13.4 Å². The molecular formula is C24H30ClN3O4S3. The van der Waals surface area contributed by atoms with Crippen molar-refractivity contribution in [3.05, 3.63) is 48.0 Å². The molecule has 1 saturated heterocycles. The van der Waals surface area contributed by atoms with Crippen molar-refractivity contribution < 1.29 is 17.9 Å². The van der Waals surface area contributed by atoms with Gasteiger partial charge in [0.1, 0.15) is 0 Å². The number of carbonyl (C=O) groups excluding carboxylic acids is 1. The molecule has 0 spiro atoms. The zero-order valence-corrected chi connectivity index (χ0v) is 23.1. The quantitative estimate of drug-likeness (QED) is 0.367. The number of anilines is 1. The SMILES string of the molecule is CCS(=O)(=O)c1ccc(CC(=O)N(CCN2CCOCC2)c2nc3c(SC)cccc3s2)cc1.Cl. The topological polar surface area (TPSA) is 79.8 Å². The number of aromatic nitrogens is 1. The van der Waals surface area contributed by atoms with E-state index < -0.39 is 9.84 Å². The van der Waals surface area contributed by atoms with Crippen LogP contribution in [0.4, 0.5) is 5.13 Å². The van der Waals surface area contributed by atoms with Gasteiger partial charge < -0.3 is 4.74 Å². The number of thiazole rings is 1. The number of carbonyl (C=O) groups is 1. The van der Waals surface area contributed by atoms with E-state index in [2.05, 4.69) is 4.90 Å². The lowest BCUT2D eigenvalue weighted by molar-refractivity contribution is -0.118. The van der Waals surface area contributed by atoms with E-state index in [4.69, 9.17) is 9.72 Å². The summed E-state index contributed by atoms with van der Waals surface area (Å²) in [5.41, 5.74) is 1.70. The molecule has 3 aromatic rings. The fraction of sp³-hybridized carbons (Fsp3) is 0.417. The van der Waals surface area contributed by atoms with Gasteiger partial charge in [0.2, 0.25) is 5.91 Å². The third-order valence-electron chi connectivity index (χ3n) is 5.88. The summed E-state index contributed by atoms with van der Waals surface area (Å²) in [7, 11) is -3.27. The van der Waals surface area contributed by atoms with Gasteiger partial charge in [-0.2, -0.15) is 0 Å². The summed E-state index contributed by atoms with van der Waals surface area (Å²) in [4.78, 5) is 23.8. The maximum atomic E-state index is 13.5. The van der Waals surface area contributed by atoms with Gasteiger partial charge in [-0.1, -0.05) is 36.5 Å². The minimum atomic E-state index is -3.27. The number of para-hydroxylation sites is 1. The Kier molecular flexibility index (Phi) is 9.97. The Morgan fingerprint density at radius 1 is 1.17 bits per heavy atom. The number of halogens is 1. The Morgan fingerprint density at radius 2 is 1.89 bits per heavy atom. The lowest BCUT2D eigenvalue weighted by Gasteiger charge is -2.29. The van der Waals surface area contributed by atoms with E-state index >= 15 is 0 Å². The van der Waals surface area contributed by atoms with Gasteiger partial charge in [0.15, 0.2) is 15.0 Å². The molecule has 4 rings (SSSR count). The smallest absolute Gasteiger partial charge is 0.233 e. The molecular weight excluding hydrogens is 526 g/mol. The maximum Gasteiger partial charge on any atom is 0.233 e. The molecule has 0 radical (unpaired) electrons. The van der Waals surface area contributed by atoms with Crippen molar-refractivity contribution >= 4 is 66.6 Å². The highest BCUT2D eigenvalue weighted by Crippen LogP contribution is 2.34. The highest BCUT2D eigenvalue weighted by Gasteiger charge is 2.23. The van der Waals surface area contributed by atoms with Gasteiger partial charge in [-0.15, -0.1) is 24.2 Å². The van der Waals surface area contributed by atoms with Crippen LogP contribution in [-0.4, -0.2) is 75.6 Å². The number of amides is 1. The van der Waals surface area contributed by atoms with Crippen molar-refractivity contribution in [2.24, 2.45) is 0 Å². The fourth-order valence-corrected chi connectivity index (χ4v) is 6.38. The normalized spacial score (nSPS) is 14.6. The first-order valence-electron chi connectivity index (χ1n) is 11.3. The van der Waals surface area contributed by atoms with E-state index in [0.717, 1.165) is 40.3 Å². The molecule has 1 aromatic heterocycles. The molecule has 2 heterocycles. The highest BCUT2D eigenvalue weighted by atomic mass is 35.5. The van der Waals surface area contributed by atoms with Crippen LogP contribution >= 0.6 is 35.5 Å². The molecule has 0 atom stereocenters. The molecule has 190 valence electrons. The third kappa shape index (κ3) is 6.75. The van der Waals surface area contributed by atoms with Crippen LogP contribution < -0.4 is 4.90 Å². The molecule has 0 aliphatic carbocycles.